The topological polar surface area (TPSA) is 77.2 Å². The minimum atomic E-state index is -4.53. The highest BCUT2D eigenvalue weighted by Gasteiger charge is 2.30. The number of halogens is 4. The molecule has 0 fully saturated rings. The maximum Gasteiger partial charge on any atom is 0.416 e. The van der Waals surface area contributed by atoms with Gasteiger partial charge in [0.1, 0.15) is 6.10 Å². The number of aromatic nitrogens is 1. The van der Waals surface area contributed by atoms with E-state index in [1.807, 2.05) is 0 Å². The van der Waals surface area contributed by atoms with Crippen LogP contribution in [0.1, 0.15) is 34.5 Å². The molecule has 5 nitrogen and oxygen atoms in total. The Bertz CT molecular complexity index is 1070. The van der Waals surface area contributed by atoms with Crippen LogP contribution in [0.2, 0.25) is 5.02 Å². The fraction of sp³-hybridized carbons (Fsp3) is 0.143. The third-order valence-corrected chi connectivity index (χ3v) is 4.42. The normalized spacial score (nSPS) is 12.3. The predicted molar refractivity (Wildman–Crippen MR) is 109 cm³/mol. The Hall–Kier alpha value is -3.26. The van der Waals surface area contributed by atoms with E-state index in [0.717, 1.165) is 12.1 Å². The molecule has 0 radical (unpaired) electrons. The molecular weight excluding hydrogens is 419 g/mol. The quantitative estimate of drug-likeness (QED) is 0.536. The van der Waals surface area contributed by atoms with Crippen LogP contribution in [-0.4, -0.2) is 10.9 Å². The molecule has 0 saturated carbocycles. The Morgan fingerprint density at radius 2 is 1.90 bits per heavy atom. The van der Waals surface area contributed by atoms with Crippen LogP contribution in [0.4, 0.5) is 24.7 Å². The van der Waals surface area contributed by atoms with Crippen LogP contribution in [0.5, 0.6) is 5.75 Å². The summed E-state index contributed by atoms with van der Waals surface area (Å²) < 4.78 is 44.4. The first kappa shape index (κ1) is 21.4. The van der Waals surface area contributed by atoms with Crippen LogP contribution >= 0.6 is 11.6 Å². The number of anilines is 2. The summed E-state index contributed by atoms with van der Waals surface area (Å²) in [5.41, 5.74) is 5.91. The summed E-state index contributed by atoms with van der Waals surface area (Å²) in [6.07, 6.45) is -3.59. The standard InChI is InChI=1S/C21H17ClF3N3O2/c1-12(30-18-10-16(22)11-27-19(18)26)13-4-3-7-17(9-13)28-20(29)14-5-2-6-15(8-14)21(23,24)25/h2-12H,1H3,(H2,26,27)(H,28,29)/t12-/m0/s1. The van der Waals surface area contributed by atoms with E-state index in [2.05, 4.69) is 10.3 Å². The number of pyridine rings is 1. The second-order valence-corrected chi connectivity index (χ2v) is 6.89. The van der Waals surface area contributed by atoms with Gasteiger partial charge in [-0.05, 0) is 42.8 Å². The van der Waals surface area contributed by atoms with Gasteiger partial charge in [-0.25, -0.2) is 4.98 Å². The molecule has 3 rings (SSSR count). The van der Waals surface area contributed by atoms with Crippen molar-refractivity contribution in [3.8, 4) is 5.75 Å². The van der Waals surface area contributed by atoms with Crippen molar-refractivity contribution in [1.29, 1.82) is 0 Å². The smallest absolute Gasteiger partial charge is 0.416 e. The van der Waals surface area contributed by atoms with Gasteiger partial charge in [-0.15, -0.1) is 0 Å². The highest BCUT2D eigenvalue weighted by atomic mass is 35.5. The molecule has 0 aliphatic heterocycles. The molecule has 0 unspecified atom stereocenters. The highest BCUT2D eigenvalue weighted by Crippen LogP contribution is 2.31. The second kappa shape index (κ2) is 8.62. The van der Waals surface area contributed by atoms with E-state index < -0.39 is 23.8 Å². The van der Waals surface area contributed by atoms with Crippen molar-refractivity contribution in [1.82, 2.24) is 4.98 Å². The molecule has 1 atom stereocenters. The van der Waals surface area contributed by atoms with Crippen molar-refractivity contribution >= 4 is 29.0 Å². The van der Waals surface area contributed by atoms with E-state index in [1.54, 1.807) is 37.3 Å². The number of alkyl halides is 3. The van der Waals surface area contributed by atoms with E-state index in [1.165, 1.54) is 18.3 Å². The highest BCUT2D eigenvalue weighted by molar-refractivity contribution is 6.30. The average Bonchev–Trinajstić information content (AvgIpc) is 2.70. The van der Waals surface area contributed by atoms with Crippen LogP contribution < -0.4 is 15.8 Å². The van der Waals surface area contributed by atoms with E-state index in [0.29, 0.717) is 22.0 Å². The number of ether oxygens (including phenoxy) is 1. The number of nitrogens with one attached hydrogen (secondary N) is 1. The summed E-state index contributed by atoms with van der Waals surface area (Å²) in [6.45, 7) is 1.77. The van der Waals surface area contributed by atoms with Crippen LogP contribution in [0.25, 0.3) is 0 Å². The first-order valence-corrected chi connectivity index (χ1v) is 9.17. The fourth-order valence-electron chi connectivity index (χ4n) is 2.69. The third kappa shape index (κ3) is 5.21. The monoisotopic (exact) mass is 435 g/mol. The zero-order chi connectivity index (χ0) is 21.9. The lowest BCUT2D eigenvalue weighted by atomic mass is 10.1. The number of hydrogen-bond acceptors (Lipinski definition) is 4. The summed E-state index contributed by atoms with van der Waals surface area (Å²) in [4.78, 5) is 16.3. The predicted octanol–water partition coefficient (Wildman–Crippen LogP) is 5.73. The number of amides is 1. The van der Waals surface area contributed by atoms with E-state index in [9.17, 15) is 18.0 Å². The van der Waals surface area contributed by atoms with Crippen LogP contribution in [-0.2, 0) is 6.18 Å². The van der Waals surface area contributed by atoms with Gasteiger partial charge in [0, 0.05) is 23.5 Å². The number of carbonyl (C=O) groups is 1. The lowest BCUT2D eigenvalue weighted by Gasteiger charge is -2.17. The van der Waals surface area contributed by atoms with Crippen LogP contribution in [0.15, 0.2) is 60.8 Å². The van der Waals surface area contributed by atoms with Crippen molar-refractivity contribution < 1.29 is 22.7 Å². The second-order valence-electron chi connectivity index (χ2n) is 6.46. The molecule has 156 valence electrons. The molecule has 1 amide bonds. The molecule has 0 aliphatic rings. The molecule has 2 aromatic carbocycles. The Balaban J connectivity index is 1.75. The van der Waals surface area contributed by atoms with E-state index in [4.69, 9.17) is 22.1 Å². The minimum Gasteiger partial charge on any atom is -0.482 e. The first-order chi connectivity index (χ1) is 14.1. The molecule has 3 N–H and O–H groups in total. The number of nitrogens with zero attached hydrogens (tertiary/aromatic N) is 1. The largest absolute Gasteiger partial charge is 0.482 e. The van der Waals surface area contributed by atoms with Gasteiger partial charge in [-0.2, -0.15) is 13.2 Å². The lowest BCUT2D eigenvalue weighted by Crippen LogP contribution is -2.14. The number of nitrogen functional groups attached to an aromatic ring is 1. The van der Waals surface area contributed by atoms with Gasteiger partial charge in [-0.1, -0.05) is 29.8 Å². The SMILES string of the molecule is C[C@H](Oc1cc(Cl)cnc1N)c1cccc(NC(=O)c2cccc(C(F)(F)F)c2)c1. The summed E-state index contributed by atoms with van der Waals surface area (Å²) >= 11 is 5.91. The molecule has 0 bridgehead atoms. The number of hydrogen-bond donors (Lipinski definition) is 2. The van der Waals surface area contributed by atoms with E-state index in [-0.39, 0.29) is 11.4 Å². The summed E-state index contributed by atoms with van der Waals surface area (Å²) in [5.74, 6) is -0.163. The number of benzene rings is 2. The van der Waals surface area contributed by atoms with Crippen molar-refractivity contribution in [2.45, 2.75) is 19.2 Å². The molecule has 0 spiro atoms. The Labute approximate surface area is 175 Å². The molecule has 0 saturated heterocycles. The van der Waals surface area contributed by atoms with Crippen molar-refractivity contribution in [3.63, 3.8) is 0 Å². The maximum absolute atomic E-state index is 12.9. The van der Waals surface area contributed by atoms with Gasteiger partial charge in [0.25, 0.3) is 5.91 Å². The zero-order valence-electron chi connectivity index (χ0n) is 15.7. The van der Waals surface area contributed by atoms with Crippen molar-refractivity contribution in [2.24, 2.45) is 0 Å². The number of nitrogens with two attached hydrogens (primary N) is 1. The molecule has 3 aromatic rings. The molecule has 30 heavy (non-hydrogen) atoms. The van der Waals surface area contributed by atoms with Crippen LogP contribution in [0.3, 0.4) is 0 Å². The fourth-order valence-corrected chi connectivity index (χ4v) is 2.84. The summed E-state index contributed by atoms with van der Waals surface area (Å²) in [6, 6.07) is 12.5. The number of carbonyl (C=O) groups excluding carboxylic acids is 1. The summed E-state index contributed by atoms with van der Waals surface area (Å²) in [5, 5.41) is 2.97. The Morgan fingerprint density at radius 3 is 2.63 bits per heavy atom. The van der Waals surface area contributed by atoms with Gasteiger partial charge < -0.3 is 15.8 Å². The Morgan fingerprint density at radius 1 is 1.17 bits per heavy atom. The maximum atomic E-state index is 12.9. The van der Waals surface area contributed by atoms with Crippen LogP contribution in [0, 0.1) is 0 Å². The lowest BCUT2D eigenvalue weighted by molar-refractivity contribution is -0.137. The molecule has 0 aliphatic carbocycles. The molecule has 9 heteroatoms. The first-order valence-electron chi connectivity index (χ1n) is 8.80. The third-order valence-electron chi connectivity index (χ3n) is 4.22. The Kier molecular flexibility index (Phi) is 6.17. The van der Waals surface area contributed by atoms with Gasteiger partial charge in [-0.3, -0.25) is 4.79 Å². The summed E-state index contributed by atoms with van der Waals surface area (Å²) in [7, 11) is 0. The zero-order valence-corrected chi connectivity index (χ0v) is 16.5. The van der Waals surface area contributed by atoms with E-state index >= 15 is 0 Å². The molecule has 1 aromatic heterocycles. The van der Waals surface area contributed by atoms with Gasteiger partial charge in [0.2, 0.25) is 0 Å². The minimum absolute atomic E-state index is 0.0997. The molecule has 1 heterocycles. The average molecular weight is 436 g/mol. The van der Waals surface area contributed by atoms with Crippen molar-refractivity contribution in [2.75, 3.05) is 11.1 Å². The number of rotatable bonds is 5. The van der Waals surface area contributed by atoms with Gasteiger partial charge in [0.15, 0.2) is 11.6 Å². The van der Waals surface area contributed by atoms with Gasteiger partial charge >= 0.3 is 6.18 Å². The molecular formula is C21H17ClF3N3O2. The van der Waals surface area contributed by atoms with Gasteiger partial charge in [0.05, 0.1) is 10.6 Å². The van der Waals surface area contributed by atoms with Crippen molar-refractivity contribution in [3.05, 3.63) is 82.5 Å².